The quantitative estimate of drug-likeness (QED) is 0.667. The fourth-order valence-electron chi connectivity index (χ4n) is 2.89. The normalized spacial score (nSPS) is 26.7. The van der Waals surface area contributed by atoms with Gasteiger partial charge in [-0.3, -0.25) is 4.79 Å². The van der Waals surface area contributed by atoms with Crippen molar-refractivity contribution in [3.05, 3.63) is 35.9 Å². The molecule has 1 amide bonds. The zero-order valence-corrected chi connectivity index (χ0v) is 11.4. The molecular weight excluding hydrogens is 238 g/mol. The molecule has 0 unspecified atom stereocenters. The molecule has 1 aromatic carbocycles. The molecule has 1 fully saturated rings. The average molecular weight is 259 g/mol. The van der Waals surface area contributed by atoms with Gasteiger partial charge in [-0.2, -0.15) is 0 Å². The molecule has 0 aromatic heterocycles. The second-order valence-corrected chi connectivity index (χ2v) is 5.64. The number of benzene rings is 1. The Labute approximate surface area is 114 Å². The van der Waals surface area contributed by atoms with Crippen LogP contribution in [0.15, 0.2) is 30.3 Å². The lowest BCUT2D eigenvalue weighted by atomic mass is 9.69. The largest absolute Gasteiger partial charge is 0.353 e. The van der Waals surface area contributed by atoms with Crippen LogP contribution < -0.4 is 5.32 Å². The summed E-state index contributed by atoms with van der Waals surface area (Å²) in [4.78, 5) is 21.7. The zero-order chi connectivity index (χ0) is 13.7. The van der Waals surface area contributed by atoms with Crippen LogP contribution in [0.1, 0.15) is 44.6 Å². The molecule has 0 heterocycles. The second kappa shape index (κ2) is 6.00. The van der Waals surface area contributed by atoms with E-state index in [-0.39, 0.29) is 23.8 Å². The number of hydrogen-bond acceptors (Lipinski definition) is 2. The molecule has 102 valence electrons. The Hall–Kier alpha value is -1.64. The summed E-state index contributed by atoms with van der Waals surface area (Å²) in [7, 11) is 0. The van der Waals surface area contributed by atoms with Crippen molar-refractivity contribution in [2.24, 2.45) is 0 Å². The van der Waals surface area contributed by atoms with Gasteiger partial charge in [-0.05, 0) is 36.7 Å². The molecule has 1 N–H and O–H groups in total. The molecule has 0 saturated heterocycles. The molecule has 0 aliphatic heterocycles. The topological polar surface area (TPSA) is 46.2 Å². The number of carbonyl (C=O) groups is 2. The third-order valence-electron chi connectivity index (χ3n) is 4.19. The Morgan fingerprint density at radius 3 is 2.53 bits per heavy atom. The molecule has 3 nitrogen and oxygen atoms in total. The highest BCUT2D eigenvalue weighted by Gasteiger charge is 2.32. The highest BCUT2D eigenvalue weighted by Crippen LogP contribution is 2.38. The van der Waals surface area contributed by atoms with Gasteiger partial charge in [-0.15, -0.1) is 0 Å². The highest BCUT2D eigenvalue weighted by molar-refractivity contribution is 5.88. The molecule has 1 aromatic rings. The minimum Gasteiger partial charge on any atom is -0.353 e. The van der Waals surface area contributed by atoms with Crippen LogP contribution >= 0.6 is 0 Å². The van der Waals surface area contributed by atoms with Crippen molar-refractivity contribution in [2.45, 2.75) is 50.5 Å². The summed E-state index contributed by atoms with van der Waals surface area (Å²) >= 11 is 0. The lowest BCUT2D eigenvalue weighted by molar-refractivity contribution is -0.124. The minimum absolute atomic E-state index is 0.0214. The number of aldehydes is 1. The predicted octanol–water partition coefficient (Wildman–Crippen LogP) is 2.59. The molecule has 0 spiro atoms. The Bertz CT molecular complexity index is 433. The summed E-state index contributed by atoms with van der Waals surface area (Å²) in [6, 6.07) is 10.8. The summed E-state index contributed by atoms with van der Waals surface area (Å²) in [6.07, 6.45) is 4.75. The molecule has 2 rings (SSSR count). The molecule has 3 heteroatoms. The van der Waals surface area contributed by atoms with Crippen molar-refractivity contribution in [3.63, 3.8) is 0 Å². The summed E-state index contributed by atoms with van der Waals surface area (Å²) in [6.45, 7) is 2.30. The third kappa shape index (κ3) is 3.43. The van der Waals surface area contributed by atoms with E-state index in [1.807, 2.05) is 6.07 Å². The first-order valence-corrected chi connectivity index (χ1v) is 6.92. The summed E-state index contributed by atoms with van der Waals surface area (Å²) in [5.74, 6) is -0.150. The van der Waals surface area contributed by atoms with E-state index in [9.17, 15) is 9.59 Å². The standard InChI is InChI=1S/C16H21NO2/c1-16(13-5-3-2-4-6-13)10-7-14(8-11-16)17-15(19)9-12-18/h2-6,12,14H,7-11H2,1H3,(H,17,19). The van der Waals surface area contributed by atoms with E-state index in [0.717, 1.165) is 25.7 Å². The maximum Gasteiger partial charge on any atom is 0.227 e. The third-order valence-corrected chi connectivity index (χ3v) is 4.19. The Balaban J connectivity index is 1.92. The van der Waals surface area contributed by atoms with Crippen molar-refractivity contribution in [1.82, 2.24) is 5.32 Å². The second-order valence-electron chi connectivity index (χ2n) is 5.64. The first-order chi connectivity index (χ1) is 9.14. The van der Waals surface area contributed by atoms with Gasteiger partial charge in [0.2, 0.25) is 5.91 Å². The number of amides is 1. The minimum atomic E-state index is -0.150. The van der Waals surface area contributed by atoms with Gasteiger partial charge in [0.15, 0.2) is 0 Å². The van der Waals surface area contributed by atoms with Crippen LogP contribution in [0.5, 0.6) is 0 Å². The molecule has 0 atom stereocenters. The van der Waals surface area contributed by atoms with Crippen molar-refractivity contribution in [2.75, 3.05) is 0 Å². The first kappa shape index (κ1) is 13.8. The van der Waals surface area contributed by atoms with Crippen molar-refractivity contribution in [3.8, 4) is 0 Å². The van der Waals surface area contributed by atoms with Gasteiger partial charge in [0.25, 0.3) is 0 Å². The van der Waals surface area contributed by atoms with Crippen LogP contribution in [0.25, 0.3) is 0 Å². The van der Waals surface area contributed by atoms with E-state index in [1.165, 1.54) is 5.56 Å². The van der Waals surface area contributed by atoms with E-state index < -0.39 is 0 Å². The predicted molar refractivity (Wildman–Crippen MR) is 74.9 cm³/mol. The molecular formula is C16H21NO2. The fraction of sp³-hybridized carbons (Fsp3) is 0.500. The van der Waals surface area contributed by atoms with Crippen LogP contribution in [0.3, 0.4) is 0 Å². The van der Waals surface area contributed by atoms with E-state index in [4.69, 9.17) is 0 Å². The smallest absolute Gasteiger partial charge is 0.227 e. The summed E-state index contributed by atoms with van der Waals surface area (Å²) < 4.78 is 0. The van der Waals surface area contributed by atoms with Crippen LogP contribution in [-0.2, 0) is 15.0 Å². The number of carbonyl (C=O) groups excluding carboxylic acids is 2. The number of rotatable bonds is 4. The van der Waals surface area contributed by atoms with Crippen molar-refractivity contribution in [1.29, 1.82) is 0 Å². The monoisotopic (exact) mass is 259 g/mol. The van der Waals surface area contributed by atoms with Crippen molar-refractivity contribution < 1.29 is 9.59 Å². The zero-order valence-electron chi connectivity index (χ0n) is 11.4. The van der Waals surface area contributed by atoms with Crippen LogP contribution in [0, 0.1) is 0 Å². The lowest BCUT2D eigenvalue weighted by Gasteiger charge is -2.38. The maximum atomic E-state index is 11.4. The van der Waals surface area contributed by atoms with Crippen LogP contribution in [0.2, 0.25) is 0 Å². The van der Waals surface area contributed by atoms with E-state index in [0.29, 0.717) is 6.29 Å². The van der Waals surface area contributed by atoms with E-state index >= 15 is 0 Å². The SMILES string of the molecule is CC1(c2ccccc2)CCC(NC(=O)CC=O)CC1. The van der Waals surface area contributed by atoms with Gasteiger partial charge in [0.1, 0.15) is 6.29 Å². The van der Waals surface area contributed by atoms with Gasteiger partial charge in [0.05, 0.1) is 6.42 Å². The molecule has 1 aliphatic carbocycles. The molecule has 19 heavy (non-hydrogen) atoms. The molecule has 0 radical (unpaired) electrons. The van der Waals surface area contributed by atoms with Gasteiger partial charge in [-0.25, -0.2) is 0 Å². The number of hydrogen-bond donors (Lipinski definition) is 1. The van der Waals surface area contributed by atoms with Crippen molar-refractivity contribution >= 4 is 12.2 Å². The van der Waals surface area contributed by atoms with Crippen LogP contribution in [0.4, 0.5) is 0 Å². The fourth-order valence-corrected chi connectivity index (χ4v) is 2.89. The summed E-state index contributed by atoms with van der Waals surface area (Å²) in [5.41, 5.74) is 1.60. The molecule has 1 saturated carbocycles. The van der Waals surface area contributed by atoms with Gasteiger partial charge in [0, 0.05) is 6.04 Å². The number of nitrogens with one attached hydrogen (secondary N) is 1. The maximum absolute atomic E-state index is 11.4. The Kier molecular flexibility index (Phi) is 4.35. The molecule has 0 bridgehead atoms. The van der Waals surface area contributed by atoms with E-state index in [1.54, 1.807) is 0 Å². The van der Waals surface area contributed by atoms with Gasteiger partial charge >= 0.3 is 0 Å². The van der Waals surface area contributed by atoms with E-state index in [2.05, 4.69) is 36.5 Å². The average Bonchev–Trinajstić information content (AvgIpc) is 2.43. The Morgan fingerprint density at radius 2 is 1.95 bits per heavy atom. The summed E-state index contributed by atoms with van der Waals surface area (Å²) in [5, 5.41) is 2.94. The highest BCUT2D eigenvalue weighted by atomic mass is 16.2. The van der Waals surface area contributed by atoms with Gasteiger partial charge < -0.3 is 10.1 Å². The Morgan fingerprint density at radius 1 is 1.32 bits per heavy atom. The first-order valence-electron chi connectivity index (χ1n) is 6.92. The van der Waals surface area contributed by atoms with Gasteiger partial charge in [-0.1, -0.05) is 37.3 Å². The lowest BCUT2D eigenvalue weighted by Crippen LogP contribution is -2.41. The molecule has 1 aliphatic rings. The van der Waals surface area contributed by atoms with Crippen LogP contribution in [-0.4, -0.2) is 18.2 Å².